The summed E-state index contributed by atoms with van der Waals surface area (Å²) in [5.74, 6) is -3.86. The number of hydrogen-bond donors (Lipinski definition) is 2. The number of esters is 2. The molecule has 1 aromatic rings. The van der Waals surface area contributed by atoms with Crippen LogP contribution in [0.1, 0.15) is 51.0 Å². The van der Waals surface area contributed by atoms with E-state index >= 15 is 0 Å². The Bertz CT molecular complexity index is 913. The molecule has 1 aliphatic heterocycles. The van der Waals surface area contributed by atoms with Gasteiger partial charge in [-0.25, -0.2) is 9.59 Å². The van der Waals surface area contributed by atoms with Crippen LogP contribution in [0.3, 0.4) is 0 Å². The van der Waals surface area contributed by atoms with Crippen molar-refractivity contribution in [3.63, 3.8) is 0 Å². The number of ether oxygens (including phenoxy) is 2. The van der Waals surface area contributed by atoms with Crippen molar-refractivity contribution in [1.29, 1.82) is 0 Å². The van der Waals surface area contributed by atoms with E-state index in [9.17, 15) is 32.3 Å². The van der Waals surface area contributed by atoms with Gasteiger partial charge in [-0.3, -0.25) is 9.59 Å². The van der Waals surface area contributed by atoms with Crippen molar-refractivity contribution in [1.82, 2.24) is 10.2 Å². The second kappa shape index (κ2) is 14.6. The van der Waals surface area contributed by atoms with Gasteiger partial charge in [0.15, 0.2) is 6.10 Å². The average Bonchev–Trinajstić information content (AvgIpc) is 3.35. The minimum atomic E-state index is -4.94. The summed E-state index contributed by atoms with van der Waals surface area (Å²) in [6.07, 6.45) is -3.77. The molecule has 1 fully saturated rings. The van der Waals surface area contributed by atoms with Gasteiger partial charge in [0.2, 0.25) is 5.91 Å². The maximum absolute atomic E-state index is 13.0. The van der Waals surface area contributed by atoms with Crippen LogP contribution < -0.4 is 11.1 Å². The van der Waals surface area contributed by atoms with Crippen molar-refractivity contribution in [3.8, 4) is 0 Å². The van der Waals surface area contributed by atoms with Crippen LogP contribution in [0, 0.1) is 0 Å². The number of nitrogens with zero attached hydrogens (tertiary/aromatic N) is 1. The van der Waals surface area contributed by atoms with Gasteiger partial charge < -0.3 is 25.4 Å². The first-order valence-electron chi connectivity index (χ1n) is 12.4. The van der Waals surface area contributed by atoms with E-state index in [4.69, 9.17) is 15.2 Å². The summed E-state index contributed by atoms with van der Waals surface area (Å²) in [5, 5.41) is 1.76. The molecule has 0 aromatic heterocycles. The molecule has 1 saturated heterocycles. The van der Waals surface area contributed by atoms with Gasteiger partial charge in [0.1, 0.15) is 6.04 Å². The molecule has 0 radical (unpaired) electrons. The molecule has 0 bridgehead atoms. The zero-order chi connectivity index (χ0) is 27.4. The maximum Gasteiger partial charge on any atom is 0.471 e. The number of alkyl halides is 3. The Morgan fingerprint density at radius 3 is 2.49 bits per heavy atom. The molecule has 0 spiro atoms. The molecule has 0 aliphatic carbocycles. The highest BCUT2D eigenvalue weighted by Gasteiger charge is 2.39. The molecular formula is C25H34F3N3O6. The highest BCUT2D eigenvalue weighted by molar-refractivity contribution is 5.89. The van der Waals surface area contributed by atoms with Crippen molar-refractivity contribution in [2.45, 2.75) is 76.2 Å². The molecule has 0 unspecified atom stereocenters. The zero-order valence-electron chi connectivity index (χ0n) is 20.8. The Kier molecular flexibility index (Phi) is 11.8. The number of carbonyl (C=O) groups excluding carboxylic acids is 4. The molecule has 1 heterocycles. The predicted octanol–water partition coefficient (Wildman–Crippen LogP) is 2.26. The summed E-state index contributed by atoms with van der Waals surface area (Å²) in [4.78, 5) is 50.4. The van der Waals surface area contributed by atoms with Crippen LogP contribution in [0.25, 0.3) is 0 Å². The fourth-order valence-electron chi connectivity index (χ4n) is 4.02. The Labute approximate surface area is 213 Å². The van der Waals surface area contributed by atoms with Gasteiger partial charge in [-0.05, 0) is 57.4 Å². The first-order valence-corrected chi connectivity index (χ1v) is 12.4. The number of benzene rings is 1. The van der Waals surface area contributed by atoms with Crippen LogP contribution in [-0.4, -0.2) is 72.7 Å². The van der Waals surface area contributed by atoms with Gasteiger partial charge in [-0.2, -0.15) is 13.2 Å². The fourth-order valence-corrected chi connectivity index (χ4v) is 4.02. The number of halogens is 3. The van der Waals surface area contributed by atoms with E-state index in [1.807, 2.05) is 30.3 Å². The maximum atomic E-state index is 13.0. The molecule has 3 N–H and O–H groups in total. The summed E-state index contributed by atoms with van der Waals surface area (Å²) in [6.45, 7) is 1.87. The molecule has 37 heavy (non-hydrogen) atoms. The molecule has 1 aliphatic rings. The van der Waals surface area contributed by atoms with E-state index in [2.05, 4.69) is 0 Å². The van der Waals surface area contributed by atoms with Gasteiger partial charge in [0, 0.05) is 13.1 Å². The first-order chi connectivity index (χ1) is 17.5. The third-order valence-corrected chi connectivity index (χ3v) is 5.96. The first kappa shape index (κ1) is 30.1. The zero-order valence-corrected chi connectivity index (χ0v) is 20.8. The monoisotopic (exact) mass is 529 g/mol. The van der Waals surface area contributed by atoms with Crippen LogP contribution in [0.15, 0.2) is 30.3 Å². The Morgan fingerprint density at radius 2 is 1.84 bits per heavy atom. The summed E-state index contributed by atoms with van der Waals surface area (Å²) in [7, 11) is 0. The number of hydrogen-bond acceptors (Lipinski definition) is 7. The quantitative estimate of drug-likeness (QED) is 0.296. The second-order valence-electron chi connectivity index (χ2n) is 8.75. The minimum absolute atomic E-state index is 0.126. The van der Waals surface area contributed by atoms with E-state index in [1.54, 1.807) is 12.2 Å². The number of nitrogens with one attached hydrogen (secondary N) is 1. The summed E-state index contributed by atoms with van der Waals surface area (Å²) >= 11 is 0. The summed E-state index contributed by atoms with van der Waals surface area (Å²) in [6, 6.07) is 7.54. The molecule has 3 atom stereocenters. The number of likely N-dealkylation sites (tertiary alicyclic amines) is 1. The molecule has 0 saturated carbocycles. The van der Waals surface area contributed by atoms with E-state index in [0.29, 0.717) is 32.2 Å². The Balaban J connectivity index is 1.88. The molecule has 9 nitrogen and oxygen atoms in total. The lowest BCUT2D eigenvalue weighted by Crippen LogP contribution is -2.49. The van der Waals surface area contributed by atoms with Crippen molar-refractivity contribution in [3.05, 3.63) is 35.9 Å². The van der Waals surface area contributed by atoms with E-state index < -0.39 is 48.1 Å². The third-order valence-electron chi connectivity index (χ3n) is 5.96. The summed E-state index contributed by atoms with van der Waals surface area (Å²) in [5.41, 5.74) is 6.95. The Morgan fingerprint density at radius 1 is 1.14 bits per heavy atom. The molecule has 206 valence electrons. The standard InChI is InChI=1S/C25H34F3N3O6/c1-2-36-23(34)20(14-13-17-9-4-3-5-10-17)37-22(33)19-12-8-16-31(19)21(32)18(29)11-6-7-15-30-24(35)25(26,27)28/h3-5,9-10,18-20H,2,6-8,11-16,29H2,1H3,(H,30,35)/t18-,19-,20-/m0/s1. The fraction of sp³-hybridized carbons (Fsp3) is 0.600. The second-order valence-corrected chi connectivity index (χ2v) is 8.75. The van der Waals surface area contributed by atoms with Gasteiger partial charge in [-0.15, -0.1) is 0 Å². The van der Waals surface area contributed by atoms with Crippen LogP contribution >= 0.6 is 0 Å². The van der Waals surface area contributed by atoms with Crippen molar-refractivity contribution in [2.24, 2.45) is 5.73 Å². The van der Waals surface area contributed by atoms with Crippen molar-refractivity contribution in [2.75, 3.05) is 19.7 Å². The number of rotatable bonds is 13. The normalized spacial score (nSPS) is 17.1. The molecule has 1 aromatic carbocycles. The van der Waals surface area contributed by atoms with Crippen LogP contribution in [-0.2, 0) is 35.1 Å². The van der Waals surface area contributed by atoms with Gasteiger partial charge >= 0.3 is 24.0 Å². The van der Waals surface area contributed by atoms with Crippen LogP contribution in [0.2, 0.25) is 0 Å². The van der Waals surface area contributed by atoms with E-state index in [0.717, 1.165) is 5.56 Å². The van der Waals surface area contributed by atoms with E-state index in [1.165, 1.54) is 4.90 Å². The molecular weight excluding hydrogens is 495 g/mol. The van der Waals surface area contributed by atoms with Gasteiger partial charge in [-0.1, -0.05) is 30.3 Å². The number of nitrogens with two attached hydrogens (primary N) is 1. The number of carbonyl (C=O) groups is 4. The van der Waals surface area contributed by atoms with Crippen molar-refractivity contribution < 1.29 is 41.8 Å². The van der Waals surface area contributed by atoms with Crippen LogP contribution in [0.5, 0.6) is 0 Å². The Hall–Kier alpha value is -3.15. The molecule has 2 amide bonds. The highest BCUT2D eigenvalue weighted by Crippen LogP contribution is 2.22. The third kappa shape index (κ3) is 9.67. The molecule has 2 rings (SSSR count). The topological polar surface area (TPSA) is 128 Å². The average molecular weight is 530 g/mol. The van der Waals surface area contributed by atoms with Crippen LogP contribution in [0.4, 0.5) is 13.2 Å². The van der Waals surface area contributed by atoms with Gasteiger partial charge in [0.05, 0.1) is 12.6 Å². The lowest BCUT2D eigenvalue weighted by Gasteiger charge is -2.27. The largest absolute Gasteiger partial charge is 0.471 e. The smallest absolute Gasteiger partial charge is 0.463 e. The number of aryl methyl sites for hydroxylation is 1. The van der Waals surface area contributed by atoms with Gasteiger partial charge in [0.25, 0.3) is 0 Å². The molecule has 12 heteroatoms. The SMILES string of the molecule is CCOC(=O)[C@H](CCc1ccccc1)OC(=O)[C@@H]1CCCN1C(=O)[C@@H](N)CCCCNC(=O)C(F)(F)F. The predicted molar refractivity (Wildman–Crippen MR) is 127 cm³/mol. The van der Waals surface area contributed by atoms with E-state index in [-0.39, 0.29) is 32.4 Å². The minimum Gasteiger partial charge on any atom is -0.463 e. The van der Waals surface area contributed by atoms with Crippen molar-refractivity contribution >= 4 is 23.8 Å². The lowest BCUT2D eigenvalue weighted by molar-refractivity contribution is -0.173. The number of amides is 2. The lowest BCUT2D eigenvalue weighted by atomic mass is 10.1. The number of unbranched alkanes of at least 4 members (excludes halogenated alkanes) is 1. The highest BCUT2D eigenvalue weighted by atomic mass is 19.4. The summed E-state index contributed by atoms with van der Waals surface area (Å²) < 4.78 is 47.2.